The van der Waals surface area contributed by atoms with Crippen molar-refractivity contribution in [3.8, 4) is 0 Å². The van der Waals surface area contributed by atoms with Gasteiger partial charge in [0.15, 0.2) is 5.16 Å². The zero-order chi connectivity index (χ0) is 19.1. The summed E-state index contributed by atoms with van der Waals surface area (Å²) in [5.74, 6) is 2.05. The highest BCUT2D eigenvalue weighted by Crippen LogP contribution is 2.46. The van der Waals surface area contributed by atoms with Gasteiger partial charge in [-0.25, -0.2) is 4.39 Å². The molecule has 1 aliphatic heterocycles. The zero-order valence-electron chi connectivity index (χ0n) is 15.8. The van der Waals surface area contributed by atoms with Gasteiger partial charge in [-0.15, -0.1) is 10.2 Å². The molecule has 1 aromatic heterocycles. The number of thioether (sulfide) groups is 1. The topological polar surface area (TPSA) is 54.3 Å². The number of anilines is 1. The predicted molar refractivity (Wildman–Crippen MR) is 106 cm³/mol. The van der Waals surface area contributed by atoms with Gasteiger partial charge in [0.1, 0.15) is 11.6 Å². The summed E-state index contributed by atoms with van der Waals surface area (Å²) in [4.78, 5) is 16.8. The summed E-state index contributed by atoms with van der Waals surface area (Å²) in [6.07, 6.45) is 4.83. The Labute approximate surface area is 168 Å². The fraction of sp³-hybridized carbons (Fsp3) is 0.550. The van der Waals surface area contributed by atoms with Crippen molar-refractivity contribution in [1.29, 1.82) is 0 Å². The molecule has 0 N–H and O–H groups in total. The van der Waals surface area contributed by atoms with Gasteiger partial charge >= 0.3 is 0 Å². The molecule has 3 aliphatic rings. The number of halogens is 1. The van der Waals surface area contributed by atoms with Crippen molar-refractivity contribution in [1.82, 2.24) is 19.7 Å². The number of aromatic nitrogens is 3. The molecule has 148 valence electrons. The Morgan fingerprint density at radius 3 is 2.39 bits per heavy atom. The summed E-state index contributed by atoms with van der Waals surface area (Å²) in [7, 11) is 0. The van der Waals surface area contributed by atoms with E-state index in [4.69, 9.17) is 0 Å². The van der Waals surface area contributed by atoms with Crippen LogP contribution in [0.5, 0.6) is 0 Å². The van der Waals surface area contributed by atoms with Crippen LogP contribution in [0.3, 0.4) is 0 Å². The fourth-order valence-electron chi connectivity index (χ4n) is 3.77. The van der Waals surface area contributed by atoms with E-state index in [1.165, 1.54) is 49.6 Å². The molecular formula is C20H24FN5OS. The Hall–Kier alpha value is -2.09. The summed E-state index contributed by atoms with van der Waals surface area (Å²) >= 11 is 1.52. The average molecular weight is 402 g/mol. The van der Waals surface area contributed by atoms with Crippen molar-refractivity contribution in [2.45, 2.75) is 42.8 Å². The Bertz CT molecular complexity index is 854. The van der Waals surface area contributed by atoms with E-state index >= 15 is 0 Å². The minimum atomic E-state index is -0.224. The van der Waals surface area contributed by atoms with Crippen LogP contribution in [0.15, 0.2) is 29.4 Å². The molecule has 8 heteroatoms. The molecule has 2 heterocycles. The molecule has 2 saturated carbocycles. The number of piperazine rings is 1. The predicted octanol–water partition coefficient (Wildman–Crippen LogP) is 3.07. The Morgan fingerprint density at radius 1 is 1.04 bits per heavy atom. The van der Waals surface area contributed by atoms with Gasteiger partial charge in [0.05, 0.1) is 5.75 Å². The largest absolute Gasteiger partial charge is 0.368 e. The average Bonchev–Trinajstić information content (AvgIpc) is 3.65. The molecule has 0 atom stereocenters. The van der Waals surface area contributed by atoms with Crippen LogP contribution in [0, 0.1) is 5.82 Å². The van der Waals surface area contributed by atoms with Gasteiger partial charge in [-0.3, -0.25) is 4.79 Å². The third kappa shape index (κ3) is 3.74. The number of nitrogens with zero attached hydrogens (tertiary/aromatic N) is 5. The number of benzene rings is 1. The van der Waals surface area contributed by atoms with Crippen LogP contribution in [0.2, 0.25) is 0 Å². The summed E-state index contributed by atoms with van der Waals surface area (Å²) in [5.41, 5.74) is 1.01. The lowest BCUT2D eigenvalue weighted by Gasteiger charge is -2.36. The summed E-state index contributed by atoms with van der Waals surface area (Å²) < 4.78 is 15.4. The van der Waals surface area contributed by atoms with E-state index in [9.17, 15) is 9.18 Å². The first-order chi connectivity index (χ1) is 13.7. The van der Waals surface area contributed by atoms with Crippen LogP contribution in [-0.4, -0.2) is 57.5 Å². The van der Waals surface area contributed by atoms with E-state index in [-0.39, 0.29) is 11.7 Å². The lowest BCUT2D eigenvalue weighted by Crippen LogP contribution is -2.49. The van der Waals surface area contributed by atoms with Crippen LogP contribution < -0.4 is 4.90 Å². The zero-order valence-corrected chi connectivity index (χ0v) is 16.6. The molecule has 6 nitrogen and oxygen atoms in total. The minimum absolute atomic E-state index is 0.155. The van der Waals surface area contributed by atoms with Gasteiger partial charge in [-0.05, 0) is 49.9 Å². The summed E-state index contributed by atoms with van der Waals surface area (Å²) in [6.45, 7) is 2.93. The molecule has 1 saturated heterocycles. The smallest absolute Gasteiger partial charge is 0.233 e. The first-order valence-electron chi connectivity index (χ1n) is 10.0. The van der Waals surface area contributed by atoms with Crippen molar-refractivity contribution in [3.05, 3.63) is 35.9 Å². The molecule has 0 spiro atoms. The third-order valence-corrected chi connectivity index (χ3v) is 6.62. The van der Waals surface area contributed by atoms with Crippen LogP contribution in [0.4, 0.5) is 10.1 Å². The van der Waals surface area contributed by atoms with Crippen LogP contribution in [0.25, 0.3) is 0 Å². The summed E-state index contributed by atoms with van der Waals surface area (Å²) in [6, 6.07) is 7.10. The maximum atomic E-state index is 13.1. The second-order valence-electron chi connectivity index (χ2n) is 7.85. The van der Waals surface area contributed by atoms with E-state index in [0.717, 1.165) is 29.8 Å². The van der Waals surface area contributed by atoms with Gasteiger partial charge in [-0.2, -0.15) is 0 Å². The highest BCUT2D eigenvalue weighted by molar-refractivity contribution is 7.99. The third-order valence-electron chi connectivity index (χ3n) is 5.69. The standard InChI is InChI=1S/C20H24FN5OS/c21-15-3-5-16(6-4-15)24-9-11-25(12-10-24)18(27)13-28-20-23-22-19(14-1-2-14)26(20)17-7-8-17/h3-6,14,17H,1-2,7-13H2. The second kappa shape index (κ2) is 7.39. The monoisotopic (exact) mass is 401 g/mol. The van der Waals surface area contributed by atoms with E-state index < -0.39 is 0 Å². The lowest BCUT2D eigenvalue weighted by molar-refractivity contribution is -0.128. The van der Waals surface area contributed by atoms with Gasteiger partial charge in [0.2, 0.25) is 5.91 Å². The van der Waals surface area contributed by atoms with Gasteiger partial charge in [0.25, 0.3) is 0 Å². The van der Waals surface area contributed by atoms with Crippen LogP contribution in [-0.2, 0) is 4.79 Å². The molecule has 5 rings (SSSR count). The number of hydrogen-bond acceptors (Lipinski definition) is 5. The Morgan fingerprint density at radius 2 is 1.75 bits per heavy atom. The molecule has 0 bridgehead atoms. The van der Waals surface area contributed by atoms with Crippen molar-refractivity contribution in [2.24, 2.45) is 0 Å². The highest BCUT2D eigenvalue weighted by atomic mass is 32.2. The number of carbonyl (C=O) groups is 1. The van der Waals surface area contributed by atoms with Crippen LogP contribution in [0.1, 0.15) is 43.5 Å². The first kappa shape index (κ1) is 18.0. The second-order valence-corrected chi connectivity index (χ2v) is 8.79. The summed E-state index contributed by atoms with van der Waals surface area (Å²) in [5, 5.41) is 9.70. The quantitative estimate of drug-likeness (QED) is 0.697. The molecule has 2 aromatic rings. The van der Waals surface area contributed by atoms with E-state index in [0.29, 0.717) is 30.8 Å². The molecule has 1 aromatic carbocycles. The highest BCUT2D eigenvalue weighted by Gasteiger charge is 2.36. The van der Waals surface area contributed by atoms with E-state index in [1.807, 2.05) is 4.90 Å². The molecule has 1 amide bonds. The van der Waals surface area contributed by atoms with Crippen molar-refractivity contribution >= 4 is 23.4 Å². The molecule has 3 fully saturated rings. The molecule has 28 heavy (non-hydrogen) atoms. The van der Waals surface area contributed by atoms with Crippen LogP contribution >= 0.6 is 11.8 Å². The van der Waals surface area contributed by atoms with Gasteiger partial charge < -0.3 is 14.4 Å². The maximum absolute atomic E-state index is 13.1. The SMILES string of the molecule is O=C(CSc1nnc(C2CC2)n1C1CC1)N1CCN(c2ccc(F)cc2)CC1. The molecule has 0 unspecified atom stereocenters. The van der Waals surface area contributed by atoms with Gasteiger partial charge in [0, 0.05) is 43.8 Å². The number of hydrogen-bond donors (Lipinski definition) is 0. The molecular weight excluding hydrogens is 377 g/mol. The fourth-order valence-corrected chi connectivity index (χ4v) is 4.68. The molecule has 2 aliphatic carbocycles. The van der Waals surface area contributed by atoms with E-state index in [1.54, 1.807) is 12.1 Å². The Balaban J connectivity index is 1.16. The maximum Gasteiger partial charge on any atom is 0.233 e. The minimum Gasteiger partial charge on any atom is -0.368 e. The van der Waals surface area contributed by atoms with Crippen molar-refractivity contribution in [3.63, 3.8) is 0 Å². The lowest BCUT2D eigenvalue weighted by atomic mass is 10.2. The number of rotatable bonds is 6. The number of amides is 1. The van der Waals surface area contributed by atoms with Crippen molar-refractivity contribution < 1.29 is 9.18 Å². The van der Waals surface area contributed by atoms with Gasteiger partial charge in [-0.1, -0.05) is 11.8 Å². The molecule has 0 radical (unpaired) electrons. The van der Waals surface area contributed by atoms with E-state index in [2.05, 4.69) is 19.7 Å². The van der Waals surface area contributed by atoms with Crippen molar-refractivity contribution in [2.75, 3.05) is 36.8 Å². The Kier molecular flexibility index (Phi) is 4.74. The normalized spacial score (nSPS) is 19.9. The number of carbonyl (C=O) groups excluding carboxylic acids is 1. The first-order valence-corrected chi connectivity index (χ1v) is 11.0.